The first-order valence-corrected chi connectivity index (χ1v) is 6.76. The Morgan fingerprint density at radius 1 is 1.53 bits per heavy atom. The molecule has 5 nitrogen and oxygen atoms in total. The normalized spacial score (nSPS) is 9.42. The standard InChI is InChI=1S/C13H17N3O2S/c1-3-15-12(17)8-16(2)13(18)10-7-11(19-9-10)5-4-6-14/h7,9H,3,6,8,14H2,1-2H3,(H,15,17). The Balaban J connectivity index is 2.66. The highest BCUT2D eigenvalue weighted by molar-refractivity contribution is 7.10. The van der Waals surface area contributed by atoms with Crippen molar-refractivity contribution in [1.82, 2.24) is 10.2 Å². The number of thiophene rings is 1. The van der Waals surface area contributed by atoms with E-state index in [4.69, 9.17) is 5.73 Å². The Hall–Kier alpha value is -1.84. The Kier molecular flexibility index (Phi) is 6.06. The average Bonchev–Trinajstić information content (AvgIpc) is 2.84. The lowest BCUT2D eigenvalue weighted by atomic mass is 10.2. The predicted octanol–water partition coefficient (Wildman–Crippen LogP) is 0.266. The maximum Gasteiger partial charge on any atom is 0.254 e. The summed E-state index contributed by atoms with van der Waals surface area (Å²) >= 11 is 1.39. The minimum atomic E-state index is -0.191. The summed E-state index contributed by atoms with van der Waals surface area (Å²) in [5.74, 6) is 5.25. The maximum atomic E-state index is 12.1. The van der Waals surface area contributed by atoms with Gasteiger partial charge < -0.3 is 16.0 Å². The molecule has 0 radical (unpaired) electrons. The van der Waals surface area contributed by atoms with Crippen molar-refractivity contribution in [1.29, 1.82) is 0 Å². The molecule has 2 amide bonds. The number of amides is 2. The van der Waals surface area contributed by atoms with Gasteiger partial charge >= 0.3 is 0 Å². The van der Waals surface area contributed by atoms with Crippen LogP contribution in [0.1, 0.15) is 22.2 Å². The summed E-state index contributed by atoms with van der Waals surface area (Å²) in [7, 11) is 1.60. The van der Waals surface area contributed by atoms with E-state index in [0.29, 0.717) is 12.1 Å². The molecule has 1 aromatic heterocycles. The van der Waals surface area contributed by atoms with Crippen molar-refractivity contribution in [2.45, 2.75) is 6.92 Å². The lowest BCUT2D eigenvalue weighted by Crippen LogP contribution is -2.38. The number of hydrogen-bond donors (Lipinski definition) is 2. The van der Waals surface area contributed by atoms with Gasteiger partial charge in [-0.3, -0.25) is 9.59 Å². The third-order valence-electron chi connectivity index (χ3n) is 2.26. The van der Waals surface area contributed by atoms with Crippen molar-refractivity contribution >= 4 is 23.2 Å². The summed E-state index contributed by atoms with van der Waals surface area (Å²) in [4.78, 5) is 25.6. The number of nitrogens with two attached hydrogens (primary N) is 1. The van der Waals surface area contributed by atoms with Crippen LogP contribution in [0.15, 0.2) is 11.4 Å². The quantitative estimate of drug-likeness (QED) is 0.777. The average molecular weight is 279 g/mol. The Morgan fingerprint density at radius 2 is 2.26 bits per heavy atom. The zero-order valence-corrected chi connectivity index (χ0v) is 11.8. The zero-order chi connectivity index (χ0) is 14.3. The minimum absolute atomic E-state index is 0.0479. The van der Waals surface area contributed by atoms with Crippen LogP contribution < -0.4 is 11.1 Å². The van der Waals surface area contributed by atoms with E-state index >= 15 is 0 Å². The van der Waals surface area contributed by atoms with Crippen molar-refractivity contribution < 1.29 is 9.59 Å². The molecule has 0 aliphatic heterocycles. The molecule has 3 N–H and O–H groups in total. The zero-order valence-electron chi connectivity index (χ0n) is 11.0. The van der Waals surface area contributed by atoms with E-state index in [1.54, 1.807) is 18.5 Å². The molecule has 6 heteroatoms. The molecule has 0 saturated carbocycles. The number of hydrogen-bond acceptors (Lipinski definition) is 4. The maximum absolute atomic E-state index is 12.1. The van der Waals surface area contributed by atoms with Crippen LogP contribution in [0, 0.1) is 11.8 Å². The molecule has 1 rings (SSSR count). The first-order chi connectivity index (χ1) is 9.08. The Morgan fingerprint density at radius 3 is 2.89 bits per heavy atom. The molecule has 1 heterocycles. The summed E-state index contributed by atoms with van der Waals surface area (Å²) in [6, 6.07) is 1.71. The van der Waals surface area contributed by atoms with Gasteiger partial charge in [-0.05, 0) is 13.0 Å². The lowest BCUT2D eigenvalue weighted by molar-refractivity contribution is -0.121. The van der Waals surface area contributed by atoms with Gasteiger partial charge in [-0.15, -0.1) is 11.3 Å². The molecule has 1 aromatic rings. The molecule has 19 heavy (non-hydrogen) atoms. The van der Waals surface area contributed by atoms with Crippen molar-refractivity contribution in [2.24, 2.45) is 5.73 Å². The second-order valence-electron chi connectivity index (χ2n) is 3.82. The molecule has 0 spiro atoms. The van der Waals surface area contributed by atoms with Gasteiger partial charge in [0.1, 0.15) is 0 Å². The SMILES string of the molecule is CCNC(=O)CN(C)C(=O)c1csc(C#CCN)c1. The van der Waals surface area contributed by atoms with Crippen LogP contribution in [0.5, 0.6) is 0 Å². The van der Waals surface area contributed by atoms with Crippen molar-refractivity contribution in [3.05, 3.63) is 21.9 Å². The molecule has 0 fully saturated rings. The second-order valence-corrected chi connectivity index (χ2v) is 4.73. The Labute approximate surface area is 116 Å². The van der Waals surface area contributed by atoms with Gasteiger partial charge in [0.25, 0.3) is 5.91 Å². The van der Waals surface area contributed by atoms with Crippen LogP contribution in [0.25, 0.3) is 0 Å². The summed E-state index contributed by atoms with van der Waals surface area (Å²) in [5, 5.41) is 4.38. The van der Waals surface area contributed by atoms with Crippen molar-refractivity contribution in [2.75, 3.05) is 26.7 Å². The van der Waals surface area contributed by atoms with Crippen molar-refractivity contribution in [3.63, 3.8) is 0 Å². The van der Waals surface area contributed by atoms with E-state index in [2.05, 4.69) is 17.2 Å². The molecule has 0 atom stereocenters. The van der Waals surface area contributed by atoms with Crippen LogP contribution in [0.2, 0.25) is 0 Å². The fourth-order valence-corrected chi connectivity index (χ4v) is 2.16. The molecule has 0 aromatic carbocycles. The fraction of sp³-hybridized carbons (Fsp3) is 0.385. The molecular formula is C13H17N3O2S. The second kappa shape index (κ2) is 7.56. The largest absolute Gasteiger partial charge is 0.355 e. The highest BCUT2D eigenvalue weighted by atomic mass is 32.1. The van der Waals surface area contributed by atoms with Crippen molar-refractivity contribution in [3.8, 4) is 11.8 Å². The van der Waals surface area contributed by atoms with Crippen LogP contribution in [-0.4, -0.2) is 43.4 Å². The number of likely N-dealkylation sites (N-methyl/N-ethyl adjacent to an activating group) is 2. The van der Waals surface area contributed by atoms with Gasteiger partial charge in [-0.25, -0.2) is 0 Å². The lowest BCUT2D eigenvalue weighted by Gasteiger charge is -2.15. The summed E-state index contributed by atoms with van der Waals surface area (Å²) in [6.45, 7) is 2.73. The summed E-state index contributed by atoms with van der Waals surface area (Å²) in [6.07, 6.45) is 0. The topological polar surface area (TPSA) is 75.4 Å². The van der Waals surface area contributed by atoms with E-state index in [0.717, 1.165) is 4.88 Å². The van der Waals surface area contributed by atoms with E-state index in [1.807, 2.05) is 6.92 Å². The van der Waals surface area contributed by atoms with E-state index in [1.165, 1.54) is 16.2 Å². The molecule has 102 valence electrons. The number of nitrogens with one attached hydrogen (secondary N) is 1. The molecule has 0 unspecified atom stereocenters. The fourth-order valence-electron chi connectivity index (χ4n) is 1.41. The summed E-state index contributed by atoms with van der Waals surface area (Å²) < 4.78 is 0. The van der Waals surface area contributed by atoms with Gasteiger partial charge in [-0.1, -0.05) is 11.8 Å². The van der Waals surface area contributed by atoms with Crippen LogP contribution >= 0.6 is 11.3 Å². The predicted molar refractivity (Wildman–Crippen MR) is 75.9 cm³/mol. The van der Waals surface area contributed by atoms with Gasteiger partial charge in [-0.2, -0.15) is 0 Å². The van der Waals surface area contributed by atoms with Gasteiger partial charge in [0.05, 0.1) is 23.5 Å². The molecule has 0 aliphatic carbocycles. The van der Waals surface area contributed by atoms with E-state index in [9.17, 15) is 9.59 Å². The number of nitrogens with zero attached hydrogens (tertiary/aromatic N) is 1. The monoisotopic (exact) mass is 279 g/mol. The highest BCUT2D eigenvalue weighted by Crippen LogP contribution is 2.15. The first kappa shape index (κ1) is 15.2. The summed E-state index contributed by atoms with van der Waals surface area (Å²) in [5.41, 5.74) is 5.83. The van der Waals surface area contributed by atoms with Gasteiger partial charge in [0.15, 0.2) is 0 Å². The van der Waals surface area contributed by atoms with Gasteiger partial charge in [0, 0.05) is 19.0 Å². The minimum Gasteiger partial charge on any atom is -0.355 e. The molecule has 0 bridgehead atoms. The van der Waals surface area contributed by atoms with Crippen LogP contribution in [0.3, 0.4) is 0 Å². The Bertz CT molecular complexity index is 513. The first-order valence-electron chi connectivity index (χ1n) is 5.88. The molecular weight excluding hydrogens is 262 g/mol. The van der Waals surface area contributed by atoms with Crippen LogP contribution in [-0.2, 0) is 4.79 Å². The van der Waals surface area contributed by atoms with Gasteiger partial charge in [0.2, 0.25) is 5.91 Å². The van der Waals surface area contributed by atoms with E-state index < -0.39 is 0 Å². The molecule has 0 aliphatic rings. The number of rotatable bonds is 4. The number of carbonyl (C=O) groups is 2. The third-order valence-corrected chi connectivity index (χ3v) is 3.11. The molecule has 0 saturated heterocycles. The van der Waals surface area contributed by atoms with E-state index in [-0.39, 0.29) is 24.9 Å². The third kappa shape index (κ3) is 4.73. The number of carbonyl (C=O) groups excluding carboxylic acids is 2. The highest BCUT2D eigenvalue weighted by Gasteiger charge is 2.15. The van der Waals surface area contributed by atoms with Crippen LogP contribution in [0.4, 0.5) is 0 Å². The smallest absolute Gasteiger partial charge is 0.254 e.